The summed E-state index contributed by atoms with van der Waals surface area (Å²) in [6, 6.07) is 5.00. The Hall–Kier alpha value is -1.27. The zero-order chi connectivity index (χ0) is 13.3. The van der Waals surface area contributed by atoms with Crippen molar-refractivity contribution in [1.29, 1.82) is 0 Å². The van der Waals surface area contributed by atoms with Gasteiger partial charge in [-0.05, 0) is 11.5 Å². The van der Waals surface area contributed by atoms with Crippen molar-refractivity contribution in [3.8, 4) is 0 Å². The maximum atomic E-state index is 11.2. The Labute approximate surface area is 101 Å². The first-order chi connectivity index (χ1) is 7.68. The van der Waals surface area contributed by atoms with Gasteiger partial charge < -0.3 is 0 Å². The number of nitroso groups, excluding NO2 is 1. The van der Waals surface area contributed by atoms with Crippen molar-refractivity contribution < 1.29 is 13.0 Å². The second-order valence-electron chi connectivity index (χ2n) is 4.89. The Morgan fingerprint density at radius 1 is 1.24 bits per heavy atom. The summed E-state index contributed by atoms with van der Waals surface area (Å²) in [6.45, 7) is 5.33. The smallest absolute Gasteiger partial charge is 0.282 e. The van der Waals surface area contributed by atoms with Crippen molar-refractivity contribution in [2.45, 2.75) is 31.7 Å². The number of hydrogen-bond donors (Lipinski definition) is 1. The van der Waals surface area contributed by atoms with E-state index in [-0.39, 0.29) is 10.5 Å². The van der Waals surface area contributed by atoms with Crippen LogP contribution in [0.4, 0.5) is 0 Å². The lowest BCUT2D eigenvalue weighted by Crippen LogP contribution is -2.18. The maximum absolute atomic E-state index is 11.2. The van der Waals surface area contributed by atoms with Gasteiger partial charge in [-0.15, -0.1) is 0 Å². The van der Waals surface area contributed by atoms with Crippen molar-refractivity contribution in [2.75, 3.05) is 0 Å². The second kappa shape index (κ2) is 4.54. The van der Waals surface area contributed by atoms with Gasteiger partial charge in [-0.1, -0.05) is 44.1 Å². The van der Waals surface area contributed by atoms with Crippen molar-refractivity contribution >= 4 is 10.1 Å². The fourth-order valence-corrected chi connectivity index (χ4v) is 2.35. The topological polar surface area (TPSA) is 83.8 Å². The SMILES string of the molecule is CC(C)(C)C(N=O)c1ccccc1S(=O)(=O)O. The molecule has 1 aromatic rings. The molecule has 0 spiro atoms. The molecule has 1 unspecified atom stereocenters. The zero-order valence-electron chi connectivity index (χ0n) is 9.91. The van der Waals surface area contributed by atoms with E-state index in [9.17, 15) is 13.3 Å². The lowest BCUT2D eigenvalue weighted by atomic mass is 9.83. The lowest BCUT2D eigenvalue weighted by molar-refractivity contribution is 0.323. The van der Waals surface area contributed by atoms with Crippen LogP contribution in [0.3, 0.4) is 0 Å². The van der Waals surface area contributed by atoms with Gasteiger partial charge in [0.2, 0.25) is 0 Å². The van der Waals surface area contributed by atoms with Gasteiger partial charge in [0.15, 0.2) is 0 Å². The molecule has 0 aliphatic carbocycles. The highest BCUT2D eigenvalue weighted by Crippen LogP contribution is 2.38. The molecular weight excluding hydrogens is 242 g/mol. The second-order valence-corrected chi connectivity index (χ2v) is 6.28. The molecule has 1 rings (SSSR count). The first-order valence-corrected chi connectivity index (χ1v) is 6.51. The molecule has 0 saturated carbocycles. The Bertz CT molecular complexity index is 517. The number of benzene rings is 1. The van der Waals surface area contributed by atoms with Gasteiger partial charge in [0.25, 0.3) is 10.1 Å². The summed E-state index contributed by atoms with van der Waals surface area (Å²) in [6.07, 6.45) is 0. The van der Waals surface area contributed by atoms with Crippen molar-refractivity contribution in [1.82, 2.24) is 0 Å². The van der Waals surface area contributed by atoms with E-state index >= 15 is 0 Å². The van der Waals surface area contributed by atoms with Gasteiger partial charge in [0.05, 0.1) is 4.90 Å². The number of hydrogen-bond acceptors (Lipinski definition) is 4. The summed E-state index contributed by atoms with van der Waals surface area (Å²) < 4.78 is 31.5. The van der Waals surface area contributed by atoms with Gasteiger partial charge in [0.1, 0.15) is 6.04 Å². The summed E-state index contributed by atoms with van der Waals surface area (Å²) in [5, 5.41) is 2.98. The first-order valence-electron chi connectivity index (χ1n) is 5.07. The van der Waals surface area contributed by atoms with Crippen LogP contribution in [0.5, 0.6) is 0 Å². The van der Waals surface area contributed by atoms with E-state index in [0.29, 0.717) is 0 Å². The van der Waals surface area contributed by atoms with Crippen LogP contribution in [0.1, 0.15) is 32.4 Å². The highest BCUT2D eigenvalue weighted by Gasteiger charge is 2.31. The van der Waals surface area contributed by atoms with Crippen LogP contribution in [0.25, 0.3) is 0 Å². The molecule has 0 bridgehead atoms. The minimum absolute atomic E-state index is 0.220. The van der Waals surface area contributed by atoms with E-state index < -0.39 is 21.6 Å². The molecule has 0 saturated heterocycles. The van der Waals surface area contributed by atoms with Crippen LogP contribution in [0, 0.1) is 10.3 Å². The van der Waals surface area contributed by atoms with Crippen LogP contribution in [-0.4, -0.2) is 13.0 Å². The van der Waals surface area contributed by atoms with Crippen LogP contribution in [0.15, 0.2) is 34.3 Å². The Morgan fingerprint density at radius 2 is 1.76 bits per heavy atom. The van der Waals surface area contributed by atoms with Crippen molar-refractivity contribution in [3.63, 3.8) is 0 Å². The van der Waals surface area contributed by atoms with E-state index in [1.807, 2.05) is 0 Å². The summed E-state index contributed by atoms with van der Waals surface area (Å²) in [7, 11) is -4.35. The number of nitrogens with zero attached hydrogens (tertiary/aromatic N) is 1. The Kier molecular flexibility index (Phi) is 3.68. The summed E-state index contributed by atoms with van der Waals surface area (Å²) in [5.74, 6) is 0. The third-order valence-corrected chi connectivity index (χ3v) is 3.34. The molecule has 6 heteroatoms. The van der Waals surface area contributed by atoms with E-state index in [4.69, 9.17) is 4.55 Å². The molecule has 0 radical (unpaired) electrons. The lowest BCUT2D eigenvalue weighted by Gasteiger charge is -2.25. The summed E-state index contributed by atoms with van der Waals surface area (Å²) in [4.78, 5) is 10.6. The normalized spacial score (nSPS) is 14.4. The molecule has 0 heterocycles. The highest BCUT2D eigenvalue weighted by atomic mass is 32.2. The molecule has 1 aromatic carbocycles. The standard InChI is InChI=1S/C11H15NO4S/c1-11(2,3)10(12-13)8-6-4-5-7-9(8)17(14,15)16/h4-7,10H,1-3H3,(H,14,15,16). The van der Waals surface area contributed by atoms with E-state index in [1.165, 1.54) is 18.2 Å². The minimum Gasteiger partial charge on any atom is -0.282 e. The predicted molar refractivity (Wildman–Crippen MR) is 64.2 cm³/mol. The van der Waals surface area contributed by atoms with Crippen LogP contribution in [-0.2, 0) is 10.1 Å². The van der Waals surface area contributed by atoms with Gasteiger partial charge in [-0.2, -0.15) is 13.3 Å². The third-order valence-electron chi connectivity index (χ3n) is 2.42. The first kappa shape index (κ1) is 13.8. The Balaban J connectivity index is 3.46. The molecule has 0 fully saturated rings. The fraction of sp³-hybridized carbons (Fsp3) is 0.455. The molecular formula is C11H15NO4S. The quantitative estimate of drug-likeness (QED) is 0.666. The van der Waals surface area contributed by atoms with Gasteiger partial charge in [0, 0.05) is 5.56 Å². The third kappa shape index (κ3) is 3.10. The van der Waals surface area contributed by atoms with Crippen molar-refractivity contribution in [2.24, 2.45) is 10.6 Å². The molecule has 1 N–H and O–H groups in total. The minimum atomic E-state index is -4.35. The molecule has 17 heavy (non-hydrogen) atoms. The molecule has 5 nitrogen and oxygen atoms in total. The van der Waals surface area contributed by atoms with Crippen LogP contribution in [0.2, 0.25) is 0 Å². The molecule has 1 atom stereocenters. The average Bonchev–Trinajstić information content (AvgIpc) is 2.15. The molecule has 0 aromatic heterocycles. The largest absolute Gasteiger partial charge is 0.294 e. The van der Waals surface area contributed by atoms with Crippen molar-refractivity contribution in [3.05, 3.63) is 34.7 Å². The van der Waals surface area contributed by atoms with Gasteiger partial charge in [-0.3, -0.25) is 4.55 Å². The summed E-state index contributed by atoms with van der Waals surface area (Å²) >= 11 is 0. The predicted octanol–water partition coefficient (Wildman–Crippen LogP) is 2.79. The molecule has 0 aliphatic heterocycles. The summed E-state index contributed by atoms with van der Waals surface area (Å²) in [5.41, 5.74) is -0.305. The Morgan fingerprint density at radius 3 is 2.18 bits per heavy atom. The average molecular weight is 257 g/mol. The van der Waals surface area contributed by atoms with Gasteiger partial charge in [-0.25, -0.2) is 0 Å². The molecule has 0 aliphatic rings. The van der Waals surface area contributed by atoms with E-state index in [0.717, 1.165) is 0 Å². The highest BCUT2D eigenvalue weighted by molar-refractivity contribution is 7.85. The maximum Gasteiger partial charge on any atom is 0.294 e. The van der Waals surface area contributed by atoms with Crippen LogP contribution < -0.4 is 0 Å². The van der Waals surface area contributed by atoms with E-state index in [1.54, 1.807) is 26.8 Å². The monoisotopic (exact) mass is 257 g/mol. The fourth-order valence-electron chi connectivity index (χ4n) is 1.62. The molecule has 94 valence electrons. The zero-order valence-corrected chi connectivity index (χ0v) is 10.7. The number of rotatable bonds is 3. The van der Waals surface area contributed by atoms with Gasteiger partial charge >= 0.3 is 0 Å². The van der Waals surface area contributed by atoms with E-state index in [2.05, 4.69) is 5.18 Å². The van der Waals surface area contributed by atoms with Crippen LogP contribution >= 0.6 is 0 Å². The molecule has 0 amide bonds.